The molecule has 0 saturated heterocycles. The summed E-state index contributed by atoms with van der Waals surface area (Å²) in [6.45, 7) is 10.9. The van der Waals surface area contributed by atoms with Gasteiger partial charge in [0, 0.05) is 0 Å². The van der Waals surface area contributed by atoms with Crippen LogP contribution in [0.5, 0.6) is 0 Å². The first kappa shape index (κ1) is 23.9. The summed E-state index contributed by atoms with van der Waals surface area (Å²) < 4.78 is 5.12. The van der Waals surface area contributed by atoms with Crippen LogP contribution in [-0.2, 0) is 14.3 Å². The summed E-state index contributed by atoms with van der Waals surface area (Å²) in [6, 6.07) is 0. The fourth-order valence-corrected chi connectivity index (χ4v) is 3.04. The molecule has 0 radical (unpaired) electrons. The fraction of sp³-hybridized carbons (Fsp3) is 0.895. The predicted octanol–water partition coefficient (Wildman–Crippen LogP) is 2.99. The Morgan fingerprint density at radius 1 is 1.04 bits per heavy atom. The van der Waals surface area contributed by atoms with Crippen LogP contribution < -0.4 is 0 Å². The maximum atomic E-state index is 11.8. The third-order valence-electron chi connectivity index (χ3n) is 4.40. The molecule has 0 aliphatic heterocycles. The largest absolute Gasteiger partial charge is 0.479 e. The first-order chi connectivity index (χ1) is 11.5. The molecule has 0 aliphatic rings. The topological polar surface area (TPSA) is 104 Å². The predicted molar refractivity (Wildman–Crippen MR) is 96.1 cm³/mol. The van der Waals surface area contributed by atoms with Gasteiger partial charge in [-0.3, -0.25) is 0 Å². The molecule has 4 atom stereocenters. The van der Waals surface area contributed by atoms with Crippen LogP contribution in [0.25, 0.3) is 0 Å². The first-order valence-electron chi connectivity index (χ1n) is 9.25. The Hall–Kier alpha value is -1.14. The van der Waals surface area contributed by atoms with Gasteiger partial charge in [-0.15, -0.1) is 0 Å². The van der Waals surface area contributed by atoms with E-state index in [1.165, 1.54) is 6.42 Å². The number of esters is 1. The zero-order valence-corrected chi connectivity index (χ0v) is 16.3. The van der Waals surface area contributed by atoms with E-state index >= 15 is 0 Å². The van der Waals surface area contributed by atoms with E-state index in [1.807, 2.05) is 0 Å². The van der Waals surface area contributed by atoms with Crippen LogP contribution in [-0.4, -0.2) is 46.1 Å². The maximum absolute atomic E-state index is 11.8. The van der Waals surface area contributed by atoms with Crippen LogP contribution in [0.15, 0.2) is 0 Å². The van der Waals surface area contributed by atoms with Gasteiger partial charge in [0.1, 0.15) is 0 Å². The van der Waals surface area contributed by atoms with Crippen LogP contribution in [0.3, 0.4) is 0 Å². The Morgan fingerprint density at radius 3 is 2.12 bits per heavy atom. The highest BCUT2D eigenvalue weighted by atomic mass is 16.6. The SMILES string of the molecule is CCCCCCC(COC(=O)C(O)C(O)C(=O)O)C(C)CC(C)(C)C. The third-order valence-corrected chi connectivity index (χ3v) is 4.40. The summed E-state index contributed by atoms with van der Waals surface area (Å²) in [7, 11) is 0. The van der Waals surface area contributed by atoms with Crippen LogP contribution in [0, 0.1) is 17.3 Å². The van der Waals surface area contributed by atoms with Crippen molar-refractivity contribution in [3.05, 3.63) is 0 Å². The van der Waals surface area contributed by atoms with E-state index in [0.29, 0.717) is 5.92 Å². The maximum Gasteiger partial charge on any atom is 0.338 e. The standard InChI is InChI=1S/C19H36O6/c1-6-7-8-9-10-14(13(2)11-19(3,4)5)12-25-18(24)16(21)15(20)17(22)23/h13-16,20-21H,6-12H2,1-5H3,(H,22,23). The molecule has 4 unspecified atom stereocenters. The van der Waals surface area contributed by atoms with Gasteiger partial charge in [-0.25, -0.2) is 9.59 Å². The number of carboxylic acids is 1. The molecule has 0 bridgehead atoms. The molecule has 3 N–H and O–H groups in total. The molecule has 0 heterocycles. The number of aliphatic carboxylic acids is 1. The Kier molecular flexibility index (Phi) is 10.9. The van der Waals surface area contributed by atoms with Crippen LogP contribution in [0.1, 0.15) is 73.1 Å². The minimum atomic E-state index is -2.16. The van der Waals surface area contributed by atoms with Crippen molar-refractivity contribution in [2.75, 3.05) is 6.61 Å². The number of aliphatic hydroxyl groups excluding tert-OH is 2. The van der Waals surface area contributed by atoms with E-state index in [2.05, 4.69) is 34.6 Å². The number of unbranched alkanes of at least 4 members (excludes halogenated alkanes) is 3. The number of carboxylic acid groups (broad SMARTS) is 1. The molecule has 0 aromatic carbocycles. The Morgan fingerprint density at radius 2 is 1.64 bits per heavy atom. The lowest BCUT2D eigenvalue weighted by molar-refractivity contribution is -0.171. The molecule has 6 nitrogen and oxygen atoms in total. The van der Waals surface area contributed by atoms with E-state index in [1.54, 1.807) is 0 Å². The third kappa shape index (κ3) is 10.4. The van der Waals surface area contributed by atoms with Crippen LogP contribution >= 0.6 is 0 Å². The van der Waals surface area contributed by atoms with Crippen molar-refractivity contribution in [2.24, 2.45) is 17.3 Å². The van der Waals surface area contributed by atoms with Crippen molar-refractivity contribution in [1.82, 2.24) is 0 Å². The molecule has 0 spiro atoms. The van der Waals surface area contributed by atoms with Crippen molar-refractivity contribution in [1.29, 1.82) is 0 Å². The Bertz CT molecular complexity index is 401. The van der Waals surface area contributed by atoms with Crippen molar-refractivity contribution >= 4 is 11.9 Å². The van der Waals surface area contributed by atoms with Gasteiger partial charge in [0.2, 0.25) is 0 Å². The minimum Gasteiger partial charge on any atom is -0.479 e. The Balaban J connectivity index is 4.69. The molecule has 0 aromatic rings. The summed E-state index contributed by atoms with van der Waals surface area (Å²) in [5, 5.41) is 27.4. The number of hydrogen-bond donors (Lipinski definition) is 3. The monoisotopic (exact) mass is 360 g/mol. The van der Waals surface area contributed by atoms with Crippen molar-refractivity contribution in [2.45, 2.75) is 85.4 Å². The molecule has 0 saturated carbocycles. The average Bonchev–Trinajstić information content (AvgIpc) is 2.50. The van der Waals surface area contributed by atoms with Crippen molar-refractivity contribution in [3.8, 4) is 0 Å². The lowest BCUT2D eigenvalue weighted by Crippen LogP contribution is -2.41. The highest BCUT2D eigenvalue weighted by Gasteiger charge is 2.32. The second-order valence-electron chi connectivity index (χ2n) is 8.21. The number of ether oxygens (including phenoxy) is 1. The molecule has 148 valence electrons. The van der Waals surface area contributed by atoms with E-state index in [9.17, 15) is 19.8 Å². The second kappa shape index (κ2) is 11.5. The normalized spacial score (nSPS) is 16.8. The number of carbonyl (C=O) groups is 2. The molecule has 0 rings (SSSR count). The molecule has 0 aliphatic carbocycles. The molecule has 0 aromatic heterocycles. The van der Waals surface area contributed by atoms with Gasteiger partial charge in [0.25, 0.3) is 0 Å². The zero-order chi connectivity index (χ0) is 19.6. The smallest absolute Gasteiger partial charge is 0.338 e. The van der Waals surface area contributed by atoms with Crippen molar-refractivity contribution < 1.29 is 29.6 Å². The molecule has 0 amide bonds. The molecular weight excluding hydrogens is 324 g/mol. The van der Waals surface area contributed by atoms with Gasteiger partial charge in [0.15, 0.2) is 12.2 Å². The highest BCUT2D eigenvalue weighted by Crippen LogP contribution is 2.31. The number of rotatable bonds is 12. The summed E-state index contributed by atoms with van der Waals surface area (Å²) in [6.07, 6.45) is 2.17. The summed E-state index contributed by atoms with van der Waals surface area (Å²) in [5.41, 5.74) is 0.157. The molecule has 0 fully saturated rings. The molecular formula is C19H36O6. The second-order valence-corrected chi connectivity index (χ2v) is 8.21. The average molecular weight is 360 g/mol. The van der Waals surface area contributed by atoms with E-state index < -0.39 is 24.1 Å². The first-order valence-corrected chi connectivity index (χ1v) is 9.25. The van der Waals surface area contributed by atoms with Gasteiger partial charge in [-0.2, -0.15) is 0 Å². The summed E-state index contributed by atoms with van der Waals surface area (Å²) in [4.78, 5) is 22.4. The molecule has 25 heavy (non-hydrogen) atoms. The lowest BCUT2D eigenvalue weighted by atomic mass is 9.78. The minimum absolute atomic E-state index is 0.131. The molecule has 6 heteroatoms. The number of hydrogen-bond acceptors (Lipinski definition) is 5. The van der Waals surface area contributed by atoms with Gasteiger partial charge in [0.05, 0.1) is 6.61 Å². The number of carbonyl (C=O) groups excluding carboxylic acids is 1. The summed E-state index contributed by atoms with van der Waals surface area (Å²) >= 11 is 0. The Labute approximate surface area is 151 Å². The summed E-state index contributed by atoms with van der Waals surface area (Å²) in [5.74, 6) is -2.26. The lowest BCUT2D eigenvalue weighted by Gasteiger charge is -2.30. The van der Waals surface area contributed by atoms with Crippen LogP contribution in [0.2, 0.25) is 0 Å². The van der Waals surface area contributed by atoms with E-state index in [4.69, 9.17) is 9.84 Å². The van der Waals surface area contributed by atoms with Gasteiger partial charge < -0.3 is 20.1 Å². The van der Waals surface area contributed by atoms with Gasteiger partial charge >= 0.3 is 11.9 Å². The van der Waals surface area contributed by atoms with E-state index in [-0.39, 0.29) is 17.9 Å². The van der Waals surface area contributed by atoms with Gasteiger partial charge in [-0.05, 0) is 30.1 Å². The fourth-order valence-electron chi connectivity index (χ4n) is 3.04. The zero-order valence-electron chi connectivity index (χ0n) is 16.3. The van der Waals surface area contributed by atoms with Crippen molar-refractivity contribution in [3.63, 3.8) is 0 Å². The van der Waals surface area contributed by atoms with Gasteiger partial charge in [-0.1, -0.05) is 60.3 Å². The number of aliphatic hydroxyl groups is 2. The highest BCUT2D eigenvalue weighted by molar-refractivity contribution is 5.84. The quantitative estimate of drug-likeness (QED) is 0.365. The van der Waals surface area contributed by atoms with Crippen LogP contribution in [0.4, 0.5) is 0 Å². The van der Waals surface area contributed by atoms with E-state index in [0.717, 1.165) is 32.1 Å².